The average molecular weight is 1530 g/mol. The van der Waals surface area contributed by atoms with Crippen molar-refractivity contribution in [3.63, 3.8) is 0 Å². The lowest BCUT2D eigenvalue weighted by atomic mass is 9.33. The first kappa shape index (κ1) is 74.1. The molecule has 2 aliphatic rings. The van der Waals surface area contributed by atoms with Gasteiger partial charge in [0.15, 0.2) is 0 Å². The van der Waals surface area contributed by atoms with Gasteiger partial charge in [-0.1, -0.05) is 344 Å². The quantitative estimate of drug-likeness (QED) is 0.121. The minimum atomic E-state index is -0.354. The number of anilines is 6. The first-order valence-electron chi connectivity index (χ1n) is 42.0. The van der Waals surface area contributed by atoms with Crippen LogP contribution in [0.5, 0.6) is 0 Å². The summed E-state index contributed by atoms with van der Waals surface area (Å²) < 4.78 is 5.00. The molecule has 0 saturated carbocycles. The maximum Gasteiger partial charge on any atom is 0.252 e. The fraction of sp³-hybridized carbons (Fsp3) is 0.142. The molecule has 574 valence electrons. The second-order valence-corrected chi connectivity index (χ2v) is 36.8. The molecule has 0 unspecified atom stereocenters. The number of fused-ring (bicyclic) bond motifs is 10. The lowest BCUT2D eigenvalue weighted by molar-refractivity contribution is 0.568. The Balaban J connectivity index is 1.01. The summed E-state index contributed by atoms with van der Waals surface area (Å²) in [5.41, 5.74) is 36.2. The van der Waals surface area contributed by atoms with Gasteiger partial charge in [-0.25, -0.2) is 0 Å². The van der Waals surface area contributed by atoms with Gasteiger partial charge in [0.25, 0.3) is 6.71 Å². The number of hydrogen-bond acceptors (Lipinski definition) is 3. The summed E-state index contributed by atoms with van der Waals surface area (Å²) in [6.07, 6.45) is 0. The number of nitriles is 1. The predicted molar refractivity (Wildman–Crippen MR) is 507 cm³/mol. The standard InChI is InChI=1S/C113H94BN5/c1-110(2,3)82-57-79(58-83(67-82)111(4,5)6)95-62-77(72-35-17-13-18-36-72)61-93(74-39-21-15-22-40-74)108(95)118-103-69-86(116-99-49-31-27-45-89(99)90-46-28-32-50-100(90)116)53-55-97(103)114-98-56-54-87(117-101-51-33-29-47-91(101)92-48-30-34-52-102(92)117)70-104(98)119(106-66-78(65-105(118)107(106)114)73-37-19-14-20-38-73)109-94(75-41-23-16-24-42-75)63-81(88-44-26-25-43-76(88)71-115)64-96(109)80-59-84(112(7,8)9)68-85(60-80)113(10,11)12/h13-70H,1-12H3. The highest BCUT2D eigenvalue weighted by Gasteiger charge is 2.47. The van der Waals surface area contributed by atoms with Crippen molar-refractivity contribution in [1.82, 2.24) is 9.13 Å². The second kappa shape index (κ2) is 28.3. The fourth-order valence-corrected chi connectivity index (χ4v) is 18.9. The highest BCUT2D eigenvalue weighted by Crippen LogP contribution is 2.57. The van der Waals surface area contributed by atoms with Crippen LogP contribution in [0.2, 0.25) is 0 Å². The van der Waals surface area contributed by atoms with Gasteiger partial charge >= 0.3 is 0 Å². The molecule has 2 aromatic heterocycles. The summed E-state index contributed by atoms with van der Waals surface area (Å²) >= 11 is 0. The number of nitrogens with zero attached hydrogens (tertiary/aromatic N) is 5. The summed E-state index contributed by atoms with van der Waals surface area (Å²) in [5.74, 6) is 0. The van der Waals surface area contributed by atoms with Crippen molar-refractivity contribution in [2.45, 2.75) is 105 Å². The first-order chi connectivity index (χ1) is 57.5. The Hall–Kier alpha value is -13.7. The lowest BCUT2D eigenvalue weighted by Crippen LogP contribution is -2.61. The molecule has 5 nitrogen and oxygen atoms in total. The second-order valence-electron chi connectivity index (χ2n) is 36.8. The van der Waals surface area contributed by atoms with Gasteiger partial charge in [-0.3, -0.25) is 0 Å². The summed E-state index contributed by atoms with van der Waals surface area (Å²) in [7, 11) is 0. The third kappa shape index (κ3) is 12.7. The first-order valence-corrected chi connectivity index (χ1v) is 42.0. The molecule has 0 aliphatic carbocycles. The Morgan fingerprint density at radius 3 is 0.891 bits per heavy atom. The Labute approximate surface area is 700 Å². The third-order valence-electron chi connectivity index (χ3n) is 25.1. The van der Waals surface area contributed by atoms with Crippen LogP contribution in [0.4, 0.5) is 34.1 Å². The van der Waals surface area contributed by atoms with E-state index in [0.29, 0.717) is 5.56 Å². The molecule has 0 bridgehead atoms. The molecule has 0 amide bonds. The van der Waals surface area contributed by atoms with Crippen LogP contribution in [-0.4, -0.2) is 15.8 Å². The highest BCUT2D eigenvalue weighted by molar-refractivity contribution is 7.00. The van der Waals surface area contributed by atoms with Crippen molar-refractivity contribution in [3.05, 3.63) is 380 Å². The van der Waals surface area contributed by atoms with E-state index >= 15 is 0 Å². The number of hydrogen-bond donors (Lipinski definition) is 0. The van der Waals surface area contributed by atoms with Crippen LogP contribution in [0, 0.1) is 11.3 Å². The number of rotatable bonds is 11. The normalized spacial score (nSPS) is 12.8. The molecule has 0 saturated heterocycles. The van der Waals surface area contributed by atoms with Crippen molar-refractivity contribution in [1.29, 1.82) is 5.26 Å². The molecule has 0 radical (unpaired) electrons. The zero-order valence-electron chi connectivity index (χ0n) is 69.8. The number of para-hydroxylation sites is 4. The Morgan fingerprint density at radius 2 is 0.538 bits per heavy atom. The van der Waals surface area contributed by atoms with Gasteiger partial charge < -0.3 is 18.9 Å². The van der Waals surface area contributed by atoms with E-state index in [4.69, 9.17) is 0 Å². The zero-order valence-corrected chi connectivity index (χ0v) is 69.8. The summed E-state index contributed by atoms with van der Waals surface area (Å²) in [6.45, 7) is 27.9. The van der Waals surface area contributed by atoms with Crippen LogP contribution in [0.3, 0.4) is 0 Å². The van der Waals surface area contributed by atoms with Crippen molar-refractivity contribution >= 4 is 101 Å². The zero-order chi connectivity index (χ0) is 81.5. The molecule has 6 heteroatoms. The maximum atomic E-state index is 11.3. The van der Waals surface area contributed by atoms with Gasteiger partial charge in [-0.2, -0.15) is 5.26 Å². The number of benzene rings is 16. The minimum absolute atomic E-state index is 0.212. The molecule has 0 spiro atoms. The third-order valence-corrected chi connectivity index (χ3v) is 25.1. The largest absolute Gasteiger partial charge is 0.310 e. The molecule has 0 fully saturated rings. The molecule has 20 rings (SSSR count). The van der Waals surface area contributed by atoms with Crippen LogP contribution in [0.25, 0.3) is 133 Å². The van der Waals surface area contributed by atoms with Gasteiger partial charge in [0, 0.05) is 77.9 Å². The summed E-state index contributed by atoms with van der Waals surface area (Å²) in [4.78, 5) is 5.45. The maximum absolute atomic E-state index is 11.3. The molecular formula is C113H94BN5. The molecule has 119 heavy (non-hydrogen) atoms. The van der Waals surface area contributed by atoms with Gasteiger partial charge in [-0.15, -0.1) is 0 Å². The summed E-state index contributed by atoms with van der Waals surface area (Å²) in [5, 5.41) is 16.1. The van der Waals surface area contributed by atoms with Crippen LogP contribution in [0.15, 0.2) is 352 Å². The Kier molecular flexibility index (Phi) is 17.6. The van der Waals surface area contributed by atoms with Crippen LogP contribution in [-0.2, 0) is 21.7 Å². The van der Waals surface area contributed by atoms with E-state index in [2.05, 4.69) is 448 Å². The van der Waals surface area contributed by atoms with Crippen LogP contribution >= 0.6 is 0 Å². The highest BCUT2D eigenvalue weighted by atomic mass is 15.2. The lowest BCUT2D eigenvalue weighted by Gasteiger charge is -2.46. The van der Waals surface area contributed by atoms with Crippen molar-refractivity contribution in [2.75, 3.05) is 9.80 Å². The molecular weight excluding hydrogens is 1440 g/mol. The van der Waals surface area contributed by atoms with E-state index in [1.807, 2.05) is 12.1 Å². The smallest absolute Gasteiger partial charge is 0.252 e. The SMILES string of the molecule is CC(C)(C)c1cc(-c2cc(-c3ccccc3)cc(-c3ccccc3)c2N2c3cc(-n4c5ccccc5c5ccccc54)ccc3B3c4ccc(-n5c6ccccc6c6ccccc65)cc4N(c4c(-c5ccccc5)cc(-c5ccccc5C#N)cc4-c4cc(C(C)(C)C)cc(C(C)(C)C)c4)c4cc(-c5ccccc5)cc2c43)cc(C(C)(C)C)c1. The van der Waals surface area contributed by atoms with Gasteiger partial charge in [0.2, 0.25) is 0 Å². The van der Waals surface area contributed by atoms with Gasteiger partial charge in [-0.05, 0) is 207 Å². The Bertz CT molecular complexity index is 6980. The molecule has 16 aromatic carbocycles. The number of aromatic nitrogens is 2. The van der Waals surface area contributed by atoms with E-state index < -0.39 is 0 Å². The average Bonchev–Trinajstić information content (AvgIpc) is 0.770. The summed E-state index contributed by atoms with van der Waals surface area (Å²) in [6, 6.07) is 136. The van der Waals surface area contributed by atoms with Crippen LogP contribution < -0.4 is 26.2 Å². The predicted octanol–water partition coefficient (Wildman–Crippen LogP) is 28.7. The van der Waals surface area contributed by atoms with E-state index in [-0.39, 0.29) is 28.4 Å². The van der Waals surface area contributed by atoms with Crippen molar-refractivity contribution < 1.29 is 0 Å². The van der Waals surface area contributed by atoms with Gasteiger partial charge in [0.05, 0.1) is 45.1 Å². The van der Waals surface area contributed by atoms with E-state index in [9.17, 15) is 5.26 Å². The molecule has 4 heterocycles. The van der Waals surface area contributed by atoms with Crippen LogP contribution in [0.1, 0.15) is 111 Å². The van der Waals surface area contributed by atoms with E-state index in [1.165, 1.54) is 60.2 Å². The van der Waals surface area contributed by atoms with Crippen molar-refractivity contribution in [2.24, 2.45) is 0 Å². The van der Waals surface area contributed by atoms with E-state index in [1.54, 1.807) is 0 Å². The van der Waals surface area contributed by atoms with E-state index in [0.717, 1.165) is 145 Å². The Morgan fingerprint density at radius 1 is 0.244 bits per heavy atom. The fourth-order valence-electron chi connectivity index (χ4n) is 18.9. The monoisotopic (exact) mass is 1530 g/mol. The topological polar surface area (TPSA) is 40.1 Å². The van der Waals surface area contributed by atoms with Gasteiger partial charge in [0.1, 0.15) is 0 Å². The molecule has 0 atom stereocenters. The molecule has 2 aliphatic heterocycles. The van der Waals surface area contributed by atoms with Crippen molar-refractivity contribution in [3.8, 4) is 95.3 Å². The minimum Gasteiger partial charge on any atom is -0.310 e. The molecule has 0 N–H and O–H groups in total. The molecule has 18 aromatic rings.